The molecule has 0 unspecified atom stereocenters. The molecule has 0 saturated carbocycles. The van der Waals surface area contributed by atoms with Gasteiger partial charge in [0.25, 0.3) is 0 Å². The standard InChI is InChI=1S/C9H2Br2F3NS/c10-8-7(15-9(11)16-8)3-1-2-4(12)6(14)5(3)13/h1-2H. The molecule has 0 bridgehead atoms. The lowest BCUT2D eigenvalue weighted by molar-refractivity contribution is 0.449. The van der Waals surface area contributed by atoms with Crippen molar-refractivity contribution < 1.29 is 13.2 Å². The molecule has 2 rings (SSSR count). The number of thiazole rings is 1. The number of hydrogen-bond acceptors (Lipinski definition) is 2. The summed E-state index contributed by atoms with van der Waals surface area (Å²) < 4.78 is 40.3. The van der Waals surface area contributed by atoms with Crippen molar-refractivity contribution in [3.05, 3.63) is 37.3 Å². The summed E-state index contributed by atoms with van der Waals surface area (Å²) in [5.41, 5.74) is 0.168. The van der Waals surface area contributed by atoms with Crippen LogP contribution < -0.4 is 0 Å². The first-order valence-corrected chi connectivity index (χ1v) is 6.36. The van der Waals surface area contributed by atoms with Crippen molar-refractivity contribution in [2.24, 2.45) is 0 Å². The van der Waals surface area contributed by atoms with Gasteiger partial charge in [-0.05, 0) is 44.0 Å². The summed E-state index contributed by atoms with van der Waals surface area (Å²) in [7, 11) is 0. The van der Waals surface area contributed by atoms with Gasteiger partial charge in [-0.15, -0.1) is 0 Å². The minimum Gasteiger partial charge on any atom is -0.228 e. The number of halogens is 5. The maximum absolute atomic E-state index is 13.5. The van der Waals surface area contributed by atoms with E-state index in [0.29, 0.717) is 7.70 Å². The van der Waals surface area contributed by atoms with Gasteiger partial charge >= 0.3 is 0 Å². The van der Waals surface area contributed by atoms with E-state index in [1.807, 2.05) is 0 Å². The zero-order chi connectivity index (χ0) is 11.9. The first kappa shape index (κ1) is 12.1. The topological polar surface area (TPSA) is 12.9 Å². The largest absolute Gasteiger partial charge is 0.228 e. The molecule has 7 heteroatoms. The molecule has 0 spiro atoms. The van der Waals surface area contributed by atoms with Gasteiger partial charge in [0.05, 0.1) is 9.48 Å². The predicted octanol–water partition coefficient (Wildman–Crippen LogP) is 4.75. The van der Waals surface area contributed by atoms with Crippen LogP contribution in [0.5, 0.6) is 0 Å². The van der Waals surface area contributed by atoms with Crippen LogP contribution in [0.1, 0.15) is 0 Å². The van der Waals surface area contributed by atoms with Crippen LogP contribution in [0.2, 0.25) is 0 Å². The normalized spacial score (nSPS) is 10.8. The van der Waals surface area contributed by atoms with Gasteiger partial charge < -0.3 is 0 Å². The van der Waals surface area contributed by atoms with Crippen molar-refractivity contribution >= 4 is 43.2 Å². The molecule has 1 aromatic heterocycles. The number of rotatable bonds is 1. The van der Waals surface area contributed by atoms with E-state index >= 15 is 0 Å². The second-order valence-electron chi connectivity index (χ2n) is 2.81. The summed E-state index contributed by atoms with van der Waals surface area (Å²) in [4.78, 5) is 3.97. The van der Waals surface area contributed by atoms with Crippen LogP contribution in [0, 0.1) is 17.5 Å². The molecule has 0 radical (unpaired) electrons. The van der Waals surface area contributed by atoms with Gasteiger partial charge in [0.2, 0.25) is 0 Å². The zero-order valence-corrected chi connectivity index (χ0v) is 11.4. The van der Waals surface area contributed by atoms with E-state index in [4.69, 9.17) is 0 Å². The molecule has 2 aromatic rings. The Balaban J connectivity index is 2.65. The molecule has 0 aliphatic rings. The molecule has 0 N–H and O–H groups in total. The van der Waals surface area contributed by atoms with Crippen molar-refractivity contribution in [1.82, 2.24) is 4.98 Å². The third-order valence-electron chi connectivity index (χ3n) is 1.85. The van der Waals surface area contributed by atoms with Crippen molar-refractivity contribution in [3.8, 4) is 11.3 Å². The van der Waals surface area contributed by atoms with E-state index in [1.54, 1.807) is 0 Å². The fraction of sp³-hybridized carbons (Fsp3) is 0. The molecule has 84 valence electrons. The highest BCUT2D eigenvalue weighted by molar-refractivity contribution is 9.12. The maximum atomic E-state index is 13.5. The minimum absolute atomic E-state index is 0.0762. The molecule has 0 atom stereocenters. The summed E-state index contributed by atoms with van der Waals surface area (Å²) in [6.07, 6.45) is 0. The Hall–Kier alpha value is -0.400. The van der Waals surface area contributed by atoms with E-state index in [1.165, 1.54) is 11.3 Å². The van der Waals surface area contributed by atoms with Crippen molar-refractivity contribution in [3.63, 3.8) is 0 Å². The monoisotopic (exact) mass is 371 g/mol. The Morgan fingerprint density at radius 2 is 1.75 bits per heavy atom. The molecule has 1 aromatic carbocycles. The average molecular weight is 373 g/mol. The molecular weight excluding hydrogens is 371 g/mol. The summed E-state index contributed by atoms with van der Waals surface area (Å²) >= 11 is 7.52. The summed E-state index contributed by atoms with van der Waals surface area (Å²) in [6.45, 7) is 0. The number of nitrogens with zero attached hydrogens (tertiary/aromatic N) is 1. The predicted molar refractivity (Wildman–Crippen MR) is 62.8 cm³/mol. The second kappa shape index (κ2) is 4.46. The maximum Gasteiger partial charge on any atom is 0.195 e. The van der Waals surface area contributed by atoms with Crippen molar-refractivity contribution in [2.75, 3.05) is 0 Å². The molecular formula is C9H2Br2F3NS. The van der Waals surface area contributed by atoms with Crippen LogP contribution in [-0.4, -0.2) is 4.98 Å². The lowest BCUT2D eigenvalue weighted by Crippen LogP contribution is -1.94. The zero-order valence-electron chi connectivity index (χ0n) is 7.40. The first-order chi connectivity index (χ1) is 7.50. The summed E-state index contributed by atoms with van der Waals surface area (Å²) in [6, 6.07) is 2.02. The van der Waals surface area contributed by atoms with Gasteiger partial charge in [0, 0.05) is 5.56 Å². The van der Waals surface area contributed by atoms with Crippen molar-refractivity contribution in [1.29, 1.82) is 0 Å². The van der Waals surface area contributed by atoms with E-state index in [0.717, 1.165) is 12.1 Å². The van der Waals surface area contributed by atoms with Gasteiger partial charge in [-0.2, -0.15) is 0 Å². The molecule has 1 nitrogen and oxygen atoms in total. The SMILES string of the molecule is Fc1ccc(-c2nc(Br)sc2Br)c(F)c1F. The quantitative estimate of drug-likeness (QED) is 0.658. The Labute approximate surface area is 110 Å². The van der Waals surface area contributed by atoms with Crippen LogP contribution in [0.3, 0.4) is 0 Å². The molecule has 0 aliphatic heterocycles. The Bertz CT molecular complexity index is 556. The Kier molecular flexibility index (Phi) is 3.37. The summed E-state index contributed by atoms with van der Waals surface area (Å²) in [5, 5.41) is 0. The van der Waals surface area contributed by atoms with Gasteiger partial charge in [0.1, 0.15) is 0 Å². The smallest absolute Gasteiger partial charge is 0.195 e. The molecule has 0 amide bonds. The van der Waals surface area contributed by atoms with Gasteiger partial charge in [-0.1, -0.05) is 11.3 Å². The molecule has 0 fully saturated rings. The van der Waals surface area contributed by atoms with Crippen molar-refractivity contribution in [2.45, 2.75) is 0 Å². The van der Waals surface area contributed by atoms with Crippen LogP contribution in [0.25, 0.3) is 11.3 Å². The molecule has 16 heavy (non-hydrogen) atoms. The highest BCUT2D eigenvalue weighted by Crippen LogP contribution is 2.37. The third-order valence-corrected chi connectivity index (χ3v) is 4.01. The Morgan fingerprint density at radius 1 is 1.06 bits per heavy atom. The Morgan fingerprint density at radius 3 is 2.31 bits per heavy atom. The molecule has 0 aliphatic carbocycles. The van der Waals surface area contributed by atoms with Gasteiger partial charge in [0.15, 0.2) is 21.4 Å². The van der Waals surface area contributed by atoms with E-state index in [9.17, 15) is 13.2 Å². The van der Waals surface area contributed by atoms with Crippen LogP contribution >= 0.6 is 43.2 Å². The van der Waals surface area contributed by atoms with E-state index in [-0.39, 0.29) is 11.3 Å². The van der Waals surface area contributed by atoms with Gasteiger partial charge in [-0.3, -0.25) is 0 Å². The first-order valence-electron chi connectivity index (χ1n) is 3.96. The van der Waals surface area contributed by atoms with Gasteiger partial charge in [-0.25, -0.2) is 18.2 Å². The lowest BCUT2D eigenvalue weighted by atomic mass is 10.1. The summed E-state index contributed by atoms with van der Waals surface area (Å²) in [5.74, 6) is -3.95. The molecule has 0 saturated heterocycles. The average Bonchev–Trinajstić information content (AvgIpc) is 2.55. The highest BCUT2D eigenvalue weighted by Gasteiger charge is 2.19. The lowest BCUT2D eigenvalue weighted by Gasteiger charge is -2.02. The van der Waals surface area contributed by atoms with E-state index in [2.05, 4.69) is 36.8 Å². The number of benzene rings is 1. The molecule has 1 heterocycles. The van der Waals surface area contributed by atoms with E-state index < -0.39 is 17.5 Å². The fourth-order valence-electron chi connectivity index (χ4n) is 1.15. The third kappa shape index (κ3) is 2.03. The van der Waals surface area contributed by atoms with Crippen LogP contribution in [0.4, 0.5) is 13.2 Å². The highest BCUT2D eigenvalue weighted by atomic mass is 79.9. The van der Waals surface area contributed by atoms with Crippen LogP contribution in [0.15, 0.2) is 19.8 Å². The number of aromatic nitrogens is 1. The van der Waals surface area contributed by atoms with Crippen LogP contribution in [-0.2, 0) is 0 Å². The minimum atomic E-state index is -1.49. The second-order valence-corrected chi connectivity index (χ2v) is 6.41. The fourth-order valence-corrected chi connectivity index (χ4v) is 3.77. The number of hydrogen-bond donors (Lipinski definition) is 0.